The van der Waals surface area contributed by atoms with E-state index in [1.807, 2.05) is 52.8 Å². The Labute approximate surface area is 185 Å². The van der Waals surface area contributed by atoms with Crippen LogP contribution in [0.3, 0.4) is 0 Å². The van der Waals surface area contributed by atoms with E-state index in [2.05, 4.69) is 30.7 Å². The molecule has 1 aromatic rings. The minimum Gasteiger partial charge on any atom is -0.598 e. The van der Waals surface area contributed by atoms with E-state index in [9.17, 15) is 14.5 Å². The van der Waals surface area contributed by atoms with Gasteiger partial charge in [-0.3, -0.25) is 0 Å². The standard InChI is InChI=1S/C24H40N2O3S/c1-22(2,3)30(29)25-20(18-12-9-8-10-13-18)14-11-15-23(4,5)19-16-24(6,7)26(17-19)21(27)28/h8-10,12-13,19-20,25H,11,14-17H2,1-7H3,(H,27,28)/t19-,20?,30?/m1/s1. The average molecular weight is 437 g/mol. The van der Waals surface area contributed by atoms with E-state index in [4.69, 9.17) is 0 Å². The van der Waals surface area contributed by atoms with Crippen molar-refractivity contribution in [1.29, 1.82) is 0 Å². The third-order valence-corrected chi connectivity index (χ3v) is 8.15. The Hall–Kier alpha value is -1.24. The van der Waals surface area contributed by atoms with E-state index in [0.717, 1.165) is 31.2 Å². The molecule has 0 bridgehead atoms. The summed E-state index contributed by atoms with van der Waals surface area (Å²) >= 11 is -1.14. The highest BCUT2D eigenvalue weighted by Gasteiger charge is 2.46. The molecular formula is C24H40N2O3S. The van der Waals surface area contributed by atoms with Crippen LogP contribution in [0.25, 0.3) is 0 Å². The molecule has 170 valence electrons. The molecule has 1 amide bonds. The van der Waals surface area contributed by atoms with Crippen LogP contribution >= 0.6 is 0 Å². The highest BCUT2D eigenvalue weighted by molar-refractivity contribution is 7.90. The third-order valence-electron chi connectivity index (χ3n) is 6.54. The van der Waals surface area contributed by atoms with E-state index in [-0.39, 0.29) is 21.7 Å². The van der Waals surface area contributed by atoms with Crippen molar-refractivity contribution in [2.24, 2.45) is 11.3 Å². The molecule has 0 saturated carbocycles. The van der Waals surface area contributed by atoms with Crippen LogP contribution in [0.15, 0.2) is 30.3 Å². The number of rotatable bonds is 8. The topological polar surface area (TPSA) is 75.6 Å². The molecule has 5 nitrogen and oxygen atoms in total. The van der Waals surface area contributed by atoms with Gasteiger partial charge in [0.1, 0.15) is 4.75 Å². The lowest BCUT2D eigenvalue weighted by atomic mass is 9.72. The van der Waals surface area contributed by atoms with Gasteiger partial charge in [-0.15, -0.1) is 4.72 Å². The first-order chi connectivity index (χ1) is 13.7. The Kier molecular flexibility index (Phi) is 7.92. The summed E-state index contributed by atoms with van der Waals surface area (Å²) in [4.78, 5) is 13.2. The fourth-order valence-electron chi connectivity index (χ4n) is 4.36. The number of amides is 1. The first kappa shape index (κ1) is 25.0. The average Bonchev–Trinajstić information content (AvgIpc) is 2.97. The first-order valence-corrected chi connectivity index (χ1v) is 12.1. The smallest absolute Gasteiger partial charge is 0.407 e. The summed E-state index contributed by atoms with van der Waals surface area (Å²) in [6.07, 6.45) is 2.96. The van der Waals surface area contributed by atoms with Crippen molar-refractivity contribution in [2.45, 2.75) is 90.5 Å². The van der Waals surface area contributed by atoms with Gasteiger partial charge in [0.2, 0.25) is 0 Å². The molecule has 0 radical (unpaired) electrons. The second-order valence-corrected chi connectivity index (χ2v) is 12.9. The van der Waals surface area contributed by atoms with Crippen LogP contribution in [0.5, 0.6) is 0 Å². The van der Waals surface area contributed by atoms with Crippen molar-refractivity contribution in [3.05, 3.63) is 35.9 Å². The van der Waals surface area contributed by atoms with Gasteiger partial charge >= 0.3 is 6.09 Å². The molecule has 1 saturated heterocycles. The fraction of sp³-hybridized carbons (Fsp3) is 0.708. The van der Waals surface area contributed by atoms with E-state index < -0.39 is 17.5 Å². The SMILES string of the molecule is CC(C)(CCCC(N[S+]([O-])C(C)(C)C)c1ccccc1)[C@H]1CN(C(=O)O)C(C)(C)C1. The predicted octanol–water partition coefficient (Wildman–Crippen LogP) is 5.75. The number of carboxylic acid groups (broad SMARTS) is 1. The molecule has 3 atom stereocenters. The zero-order valence-corrected chi connectivity index (χ0v) is 20.5. The Bertz CT molecular complexity index is 700. The van der Waals surface area contributed by atoms with Crippen LogP contribution in [-0.4, -0.2) is 37.5 Å². The Morgan fingerprint density at radius 1 is 1.27 bits per heavy atom. The molecule has 2 unspecified atom stereocenters. The van der Waals surface area contributed by atoms with Gasteiger partial charge in [-0.05, 0) is 70.8 Å². The molecule has 2 rings (SSSR count). The van der Waals surface area contributed by atoms with Gasteiger partial charge in [-0.1, -0.05) is 50.6 Å². The van der Waals surface area contributed by atoms with Crippen LogP contribution in [-0.2, 0) is 11.4 Å². The summed E-state index contributed by atoms with van der Waals surface area (Å²) in [5.41, 5.74) is 0.893. The molecule has 0 spiro atoms. The van der Waals surface area contributed by atoms with Gasteiger partial charge in [0.25, 0.3) is 0 Å². The van der Waals surface area contributed by atoms with Crippen LogP contribution in [0.4, 0.5) is 4.79 Å². The van der Waals surface area contributed by atoms with Crippen molar-refractivity contribution in [1.82, 2.24) is 9.62 Å². The number of hydrogen-bond donors (Lipinski definition) is 2. The number of nitrogens with zero attached hydrogens (tertiary/aromatic N) is 1. The maximum Gasteiger partial charge on any atom is 0.407 e. The quantitative estimate of drug-likeness (QED) is 0.508. The third kappa shape index (κ3) is 6.38. The van der Waals surface area contributed by atoms with Gasteiger partial charge in [0.15, 0.2) is 0 Å². The monoisotopic (exact) mass is 436 g/mol. The van der Waals surface area contributed by atoms with E-state index in [1.54, 1.807) is 4.90 Å². The summed E-state index contributed by atoms with van der Waals surface area (Å²) in [7, 11) is 0. The van der Waals surface area contributed by atoms with Crippen molar-refractivity contribution < 1.29 is 14.5 Å². The lowest BCUT2D eigenvalue weighted by molar-refractivity contribution is 0.115. The first-order valence-electron chi connectivity index (χ1n) is 11.0. The maximum absolute atomic E-state index is 12.7. The molecule has 0 aliphatic carbocycles. The minimum atomic E-state index is -1.14. The molecular weight excluding hydrogens is 396 g/mol. The van der Waals surface area contributed by atoms with Crippen LogP contribution in [0, 0.1) is 11.3 Å². The van der Waals surface area contributed by atoms with Crippen molar-refractivity contribution in [3.8, 4) is 0 Å². The lowest BCUT2D eigenvalue weighted by Crippen LogP contribution is -2.41. The summed E-state index contributed by atoms with van der Waals surface area (Å²) in [5.74, 6) is 0.343. The second-order valence-electron chi connectivity index (χ2n) is 10.9. The van der Waals surface area contributed by atoms with Gasteiger partial charge in [-0.25, -0.2) is 4.79 Å². The normalized spacial score (nSPS) is 21.5. The van der Waals surface area contributed by atoms with Crippen molar-refractivity contribution in [3.63, 3.8) is 0 Å². The molecule has 2 N–H and O–H groups in total. The van der Waals surface area contributed by atoms with E-state index in [1.165, 1.54) is 0 Å². The zero-order chi connectivity index (χ0) is 22.7. The number of nitrogens with one attached hydrogen (secondary N) is 1. The van der Waals surface area contributed by atoms with Gasteiger partial charge < -0.3 is 14.6 Å². The number of carbonyl (C=O) groups is 1. The minimum absolute atomic E-state index is 0.0394. The predicted molar refractivity (Wildman–Crippen MR) is 125 cm³/mol. The Balaban J connectivity index is 2.02. The molecule has 1 aromatic carbocycles. The van der Waals surface area contributed by atoms with Gasteiger partial charge in [0.05, 0.1) is 6.04 Å². The van der Waals surface area contributed by atoms with E-state index >= 15 is 0 Å². The van der Waals surface area contributed by atoms with Crippen LogP contribution in [0.2, 0.25) is 0 Å². The molecule has 0 aromatic heterocycles. The maximum atomic E-state index is 12.7. The zero-order valence-electron chi connectivity index (χ0n) is 19.7. The number of likely N-dealkylation sites (tertiary alicyclic amines) is 1. The highest BCUT2D eigenvalue weighted by atomic mass is 32.2. The molecule has 1 aliphatic rings. The van der Waals surface area contributed by atoms with Crippen molar-refractivity contribution >= 4 is 17.5 Å². The van der Waals surface area contributed by atoms with Crippen LogP contribution < -0.4 is 4.72 Å². The lowest BCUT2D eigenvalue weighted by Gasteiger charge is -2.33. The van der Waals surface area contributed by atoms with Gasteiger partial charge in [-0.2, -0.15) is 0 Å². The largest absolute Gasteiger partial charge is 0.598 e. The molecule has 30 heavy (non-hydrogen) atoms. The molecule has 1 fully saturated rings. The van der Waals surface area contributed by atoms with Crippen molar-refractivity contribution in [2.75, 3.05) is 6.54 Å². The summed E-state index contributed by atoms with van der Waals surface area (Å²) in [6.45, 7) is 15.1. The number of hydrogen-bond acceptors (Lipinski definition) is 3. The number of benzene rings is 1. The summed E-state index contributed by atoms with van der Waals surface area (Å²) in [5, 5.41) is 9.55. The summed E-state index contributed by atoms with van der Waals surface area (Å²) in [6, 6.07) is 10.3. The van der Waals surface area contributed by atoms with Gasteiger partial charge in [0, 0.05) is 23.4 Å². The van der Waals surface area contributed by atoms with Crippen LogP contribution in [0.1, 0.15) is 85.8 Å². The van der Waals surface area contributed by atoms with E-state index in [0.29, 0.717) is 12.5 Å². The summed E-state index contributed by atoms with van der Waals surface area (Å²) < 4.78 is 15.8. The molecule has 6 heteroatoms. The second kappa shape index (κ2) is 9.49. The Morgan fingerprint density at radius 3 is 2.37 bits per heavy atom. The molecule has 1 aliphatic heterocycles. The Morgan fingerprint density at radius 2 is 1.87 bits per heavy atom. The molecule has 1 heterocycles. The highest BCUT2D eigenvalue weighted by Crippen LogP contribution is 2.45. The fourth-order valence-corrected chi connectivity index (χ4v) is 5.22.